The Bertz CT molecular complexity index is 580. The van der Waals surface area contributed by atoms with Crippen LogP contribution < -0.4 is 11.1 Å². The van der Waals surface area contributed by atoms with Gasteiger partial charge in [0, 0.05) is 11.4 Å². The van der Waals surface area contributed by atoms with Crippen LogP contribution in [0.4, 0.5) is 5.13 Å². The van der Waals surface area contributed by atoms with E-state index in [-0.39, 0.29) is 18.4 Å². The maximum atomic E-state index is 12.3. The summed E-state index contributed by atoms with van der Waals surface area (Å²) in [6, 6.07) is 9.58. The standard InChI is InChI=1S/C15H19N3OS/c1-3-13-10(2)20-15(17-13)18-14(19)12(9-16)11-7-5-4-6-8-11/h4-8,12H,3,9,16H2,1-2H3,(H,17,18,19). The first-order chi connectivity index (χ1) is 9.65. The van der Waals surface area contributed by atoms with Crippen LogP contribution in [0.25, 0.3) is 0 Å². The minimum atomic E-state index is -0.342. The van der Waals surface area contributed by atoms with Crippen LogP contribution >= 0.6 is 11.3 Å². The molecule has 0 aliphatic carbocycles. The number of thiazole rings is 1. The van der Waals surface area contributed by atoms with Gasteiger partial charge in [0.25, 0.3) is 0 Å². The molecule has 106 valence electrons. The third-order valence-electron chi connectivity index (χ3n) is 3.21. The Labute approximate surface area is 123 Å². The summed E-state index contributed by atoms with van der Waals surface area (Å²) in [5.41, 5.74) is 7.71. The number of carbonyl (C=O) groups is 1. The highest BCUT2D eigenvalue weighted by Gasteiger charge is 2.20. The van der Waals surface area contributed by atoms with Gasteiger partial charge < -0.3 is 11.1 Å². The summed E-state index contributed by atoms with van der Waals surface area (Å²) in [5.74, 6) is -0.444. The normalized spacial score (nSPS) is 12.2. The molecule has 1 heterocycles. The van der Waals surface area contributed by atoms with Crippen molar-refractivity contribution >= 4 is 22.4 Å². The largest absolute Gasteiger partial charge is 0.329 e. The van der Waals surface area contributed by atoms with Crippen molar-refractivity contribution < 1.29 is 4.79 Å². The Morgan fingerprint density at radius 2 is 2.10 bits per heavy atom. The second-order valence-electron chi connectivity index (χ2n) is 4.56. The lowest BCUT2D eigenvalue weighted by Crippen LogP contribution is -2.27. The van der Waals surface area contributed by atoms with Gasteiger partial charge in [-0.15, -0.1) is 11.3 Å². The molecular weight excluding hydrogens is 270 g/mol. The number of nitrogens with one attached hydrogen (secondary N) is 1. The first kappa shape index (κ1) is 14.7. The van der Waals surface area contributed by atoms with Crippen LogP contribution in [-0.2, 0) is 11.2 Å². The molecule has 0 saturated heterocycles. The lowest BCUT2D eigenvalue weighted by molar-refractivity contribution is -0.117. The molecule has 0 aliphatic rings. The van der Waals surface area contributed by atoms with Gasteiger partial charge in [0.1, 0.15) is 0 Å². The van der Waals surface area contributed by atoms with Gasteiger partial charge in [0.2, 0.25) is 5.91 Å². The SMILES string of the molecule is CCc1nc(NC(=O)C(CN)c2ccccc2)sc1C. The third kappa shape index (κ3) is 3.23. The molecule has 1 amide bonds. The van der Waals surface area contributed by atoms with Crippen molar-refractivity contribution in [1.82, 2.24) is 4.98 Å². The van der Waals surface area contributed by atoms with E-state index in [0.717, 1.165) is 22.6 Å². The molecule has 20 heavy (non-hydrogen) atoms. The first-order valence-corrected chi connectivity index (χ1v) is 7.49. The molecule has 1 atom stereocenters. The fourth-order valence-electron chi connectivity index (χ4n) is 2.08. The Kier molecular flexibility index (Phi) is 4.87. The summed E-state index contributed by atoms with van der Waals surface area (Å²) in [4.78, 5) is 17.9. The van der Waals surface area contributed by atoms with Crippen LogP contribution in [0.2, 0.25) is 0 Å². The summed E-state index contributed by atoms with van der Waals surface area (Å²) in [5, 5.41) is 3.53. The lowest BCUT2D eigenvalue weighted by Gasteiger charge is -2.13. The zero-order chi connectivity index (χ0) is 14.5. The number of nitrogens with two attached hydrogens (primary N) is 1. The number of hydrogen-bond acceptors (Lipinski definition) is 4. The van der Waals surface area contributed by atoms with E-state index in [2.05, 4.69) is 17.2 Å². The molecule has 1 aromatic carbocycles. The molecule has 0 fully saturated rings. The number of aromatic nitrogens is 1. The van der Waals surface area contributed by atoms with Crippen LogP contribution in [0, 0.1) is 6.92 Å². The maximum absolute atomic E-state index is 12.3. The molecule has 1 unspecified atom stereocenters. The molecule has 2 rings (SSSR count). The second kappa shape index (κ2) is 6.63. The Morgan fingerprint density at radius 1 is 1.40 bits per heavy atom. The smallest absolute Gasteiger partial charge is 0.234 e. The fourth-order valence-corrected chi connectivity index (χ4v) is 2.99. The summed E-state index contributed by atoms with van der Waals surface area (Å²) in [6.45, 7) is 4.35. The van der Waals surface area contributed by atoms with Gasteiger partial charge >= 0.3 is 0 Å². The molecule has 5 heteroatoms. The minimum Gasteiger partial charge on any atom is -0.329 e. The zero-order valence-corrected chi connectivity index (χ0v) is 12.5. The van der Waals surface area contributed by atoms with Gasteiger partial charge in [-0.1, -0.05) is 37.3 Å². The highest BCUT2D eigenvalue weighted by molar-refractivity contribution is 7.15. The number of anilines is 1. The van der Waals surface area contributed by atoms with Crippen molar-refractivity contribution in [3.05, 3.63) is 46.5 Å². The van der Waals surface area contributed by atoms with E-state index < -0.39 is 0 Å². The fraction of sp³-hybridized carbons (Fsp3) is 0.333. The van der Waals surface area contributed by atoms with Gasteiger partial charge in [0.15, 0.2) is 5.13 Å². The van der Waals surface area contributed by atoms with Crippen molar-refractivity contribution in [2.45, 2.75) is 26.2 Å². The zero-order valence-electron chi connectivity index (χ0n) is 11.7. The quantitative estimate of drug-likeness (QED) is 0.889. The van der Waals surface area contributed by atoms with Crippen molar-refractivity contribution in [2.24, 2.45) is 5.73 Å². The van der Waals surface area contributed by atoms with Gasteiger partial charge in [-0.2, -0.15) is 0 Å². The van der Waals surface area contributed by atoms with E-state index >= 15 is 0 Å². The Balaban J connectivity index is 2.13. The van der Waals surface area contributed by atoms with Gasteiger partial charge in [-0.3, -0.25) is 4.79 Å². The molecule has 4 nitrogen and oxygen atoms in total. The van der Waals surface area contributed by atoms with Crippen LogP contribution in [0.5, 0.6) is 0 Å². The second-order valence-corrected chi connectivity index (χ2v) is 5.77. The van der Waals surface area contributed by atoms with Crippen LogP contribution in [0.3, 0.4) is 0 Å². The summed E-state index contributed by atoms with van der Waals surface area (Å²) < 4.78 is 0. The number of aryl methyl sites for hydroxylation is 2. The van der Waals surface area contributed by atoms with Crippen molar-refractivity contribution in [3.63, 3.8) is 0 Å². The predicted molar refractivity (Wildman–Crippen MR) is 83.1 cm³/mol. The van der Waals surface area contributed by atoms with Gasteiger partial charge in [-0.05, 0) is 18.9 Å². The van der Waals surface area contributed by atoms with E-state index in [4.69, 9.17) is 5.73 Å². The Morgan fingerprint density at radius 3 is 2.65 bits per heavy atom. The number of carbonyl (C=O) groups excluding carboxylic acids is 1. The highest BCUT2D eigenvalue weighted by atomic mass is 32.1. The highest BCUT2D eigenvalue weighted by Crippen LogP contribution is 2.24. The maximum Gasteiger partial charge on any atom is 0.234 e. The average Bonchev–Trinajstić information content (AvgIpc) is 2.80. The van der Waals surface area contributed by atoms with E-state index in [1.54, 1.807) is 0 Å². The van der Waals surface area contributed by atoms with Crippen LogP contribution in [0.1, 0.15) is 29.0 Å². The summed E-state index contributed by atoms with van der Waals surface area (Å²) >= 11 is 1.51. The van der Waals surface area contributed by atoms with Gasteiger partial charge in [0.05, 0.1) is 11.6 Å². The number of amides is 1. The van der Waals surface area contributed by atoms with Crippen molar-refractivity contribution in [2.75, 3.05) is 11.9 Å². The van der Waals surface area contributed by atoms with Crippen LogP contribution in [-0.4, -0.2) is 17.4 Å². The Hall–Kier alpha value is -1.72. The lowest BCUT2D eigenvalue weighted by atomic mass is 9.99. The first-order valence-electron chi connectivity index (χ1n) is 6.67. The van der Waals surface area contributed by atoms with Gasteiger partial charge in [-0.25, -0.2) is 4.98 Å². The average molecular weight is 289 g/mol. The molecule has 2 aromatic rings. The van der Waals surface area contributed by atoms with E-state index in [9.17, 15) is 4.79 Å². The van der Waals surface area contributed by atoms with Crippen LogP contribution in [0.15, 0.2) is 30.3 Å². The summed E-state index contributed by atoms with van der Waals surface area (Å²) in [6.07, 6.45) is 0.872. The topological polar surface area (TPSA) is 68.0 Å². The molecular formula is C15H19N3OS. The van der Waals surface area contributed by atoms with E-state index in [1.807, 2.05) is 37.3 Å². The molecule has 0 aliphatic heterocycles. The minimum absolute atomic E-state index is 0.102. The van der Waals surface area contributed by atoms with Crippen molar-refractivity contribution in [3.8, 4) is 0 Å². The van der Waals surface area contributed by atoms with E-state index in [1.165, 1.54) is 11.3 Å². The molecule has 0 saturated carbocycles. The molecule has 0 radical (unpaired) electrons. The summed E-state index contributed by atoms with van der Waals surface area (Å²) in [7, 11) is 0. The third-order valence-corrected chi connectivity index (χ3v) is 4.14. The molecule has 0 bridgehead atoms. The molecule has 1 aromatic heterocycles. The number of benzene rings is 1. The molecule has 3 N–H and O–H groups in total. The monoisotopic (exact) mass is 289 g/mol. The number of rotatable bonds is 5. The molecule has 0 spiro atoms. The van der Waals surface area contributed by atoms with E-state index in [0.29, 0.717) is 5.13 Å². The van der Waals surface area contributed by atoms with Crippen molar-refractivity contribution in [1.29, 1.82) is 0 Å². The number of hydrogen-bond donors (Lipinski definition) is 2. The predicted octanol–water partition coefficient (Wildman–Crippen LogP) is 2.69. The number of nitrogens with zero attached hydrogens (tertiary/aromatic N) is 1.